The van der Waals surface area contributed by atoms with Crippen LogP contribution in [0.1, 0.15) is 87.3 Å². The highest BCUT2D eigenvalue weighted by Gasteiger charge is 2.26. The van der Waals surface area contributed by atoms with Crippen LogP contribution in [0.3, 0.4) is 0 Å². The summed E-state index contributed by atoms with van der Waals surface area (Å²) in [6, 6.07) is 8.99. The molecule has 4 nitrogen and oxygen atoms in total. The summed E-state index contributed by atoms with van der Waals surface area (Å²) in [5, 5.41) is 10.0. The van der Waals surface area contributed by atoms with Crippen LogP contribution in [0.5, 0.6) is 5.75 Å². The molecule has 0 unspecified atom stereocenters. The van der Waals surface area contributed by atoms with E-state index in [0.29, 0.717) is 24.9 Å². The van der Waals surface area contributed by atoms with E-state index in [1.54, 1.807) is 12.1 Å². The first-order valence-corrected chi connectivity index (χ1v) is 16.6. The molecule has 234 valence electrons. The summed E-state index contributed by atoms with van der Waals surface area (Å²) in [6.45, 7) is 1.41. The van der Waals surface area contributed by atoms with Crippen molar-refractivity contribution >= 4 is 21.0 Å². The summed E-state index contributed by atoms with van der Waals surface area (Å²) in [7, 11) is -1.41. The highest BCUT2D eigenvalue weighted by molar-refractivity contribution is 7.91. The molecule has 2 aromatic rings. The largest absolute Gasteiger partial charge is 0.508 e. The molecule has 0 saturated heterocycles. The maximum Gasteiger partial charge on any atom is 0.389 e. The number of fused-ring (bicyclic) bond motifs is 1. The number of nitrogens with zero attached hydrogens (tertiary/aromatic N) is 1. The van der Waals surface area contributed by atoms with Gasteiger partial charge in [0, 0.05) is 12.5 Å². The minimum atomic E-state index is -4.25. The lowest BCUT2D eigenvalue weighted by Gasteiger charge is -2.18. The molecule has 1 aliphatic carbocycles. The van der Waals surface area contributed by atoms with Crippen molar-refractivity contribution in [2.24, 2.45) is 0 Å². The predicted molar refractivity (Wildman–Crippen MR) is 158 cm³/mol. The van der Waals surface area contributed by atoms with Gasteiger partial charge in [-0.15, -0.1) is 0 Å². The van der Waals surface area contributed by atoms with Crippen LogP contribution in [0.15, 0.2) is 36.4 Å². The molecule has 0 bridgehead atoms. The number of phenols is 1. The summed E-state index contributed by atoms with van der Waals surface area (Å²) in [5.41, 5.74) is 4.66. The van der Waals surface area contributed by atoms with Gasteiger partial charge in [0.05, 0.1) is 11.5 Å². The average molecular weight is 616 g/mol. The van der Waals surface area contributed by atoms with Crippen LogP contribution in [0.4, 0.5) is 22.0 Å². The van der Waals surface area contributed by atoms with E-state index < -0.39 is 34.1 Å². The van der Waals surface area contributed by atoms with Crippen LogP contribution in [0.25, 0.3) is 11.1 Å². The lowest BCUT2D eigenvalue weighted by atomic mass is 9.89. The standard InChI is InChI=1S/C32H42F5NO3S/c1-38(17-9-19-42(40,41)18-7-5-15-32(35,36)37)16-6-3-2-4-11-31-29(25-20-26(33)23-27(34)21-25)12-8-10-24-22-28(39)13-14-30(24)31/h13-14,20-23,39H,2-12,15-19H2,1H3. The normalized spacial score (nSPS) is 14.4. The second-order valence-electron chi connectivity index (χ2n) is 11.4. The number of aromatic hydroxyl groups is 1. The van der Waals surface area contributed by atoms with Crippen LogP contribution in [0, 0.1) is 11.6 Å². The smallest absolute Gasteiger partial charge is 0.389 e. The SMILES string of the molecule is CN(CCCCCCC1=C(c2cc(F)cc(F)c2)CCCc2cc(O)ccc21)CCCS(=O)(=O)CCCCC(F)(F)F. The van der Waals surface area contributed by atoms with Gasteiger partial charge >= 0.3 is 6.18 Å². The molecule has 3 rings (SSSR count). The van der Waals surface area contributed by atoms with Gasteiger partial charge in [0.2, 0.25) is 0 Å². The highest BCUT2D eigenvalue weighted by atomic mass is 32.2. The fraction of sp³-hybridized carbons (Fsp3) is 0.562. The molecule has 0 spiro atoms. The van der Waals surface area contributed by atoms with Gasteiger partial charge in [0.25, 0.3) is 0 Å². The second-order valence-corrected chi connectivity index (χ2v) is 13.7. The molecular weight excluding hydrogens is 573 g/mol. The van der Waals surface area contributed by atoms with E-state index in [-0.39, 0.29) is 30.1 Å². The molecule has 42 heavy (non-hydrogen) atoms. The quantitative estimate of drug-likeness (QED) is 0.152. The fourth-order valence-electron chi connectivity index (χ4n) is 5.64. The maximum atomic E-state index is 14.1. The number of sulfone groups is 1. The van der Waals surface area contributed by atoms with E-state index in [1.165, 1.54) is 12.1 Å². The van der Waals surface area contributed by atoms with Crippen LogP contribution < -0.4 is 0 Å². The van der Waals surface area contributed by atoms with E-state index in [2.05, 4.69) is 4.90 Å². The topological polar surface area (TPSA) is 57.6 Å². The van der Waals surface area contributed by atoms with Gasteiger partial charge in [-0.05, 0) is 130 Å². The van der Waals surface area contributed by atoms with E-state index in [4.69, 9.17) is 0 Å². The van der Waals surface area contributed by atoms with Crippen molar-refractivity contribution in [3.8, 4) is 5.75 Å². The summed E-state index contributed by atoms with van der Waals surface area (Å²) in [5.74, 6) is -1.22. The van der Waals surface area contributed by atoms with Crippen molar-refractivity contribution in [3.05, 3.63) is 64.7 Å². The van der Waals surface area contributed by atoms with Crippen molar-refractivity contribution in [2.45, 2.75) is 83.2 Å². The minimum absolute atomic E-state index is 0.0186. The number of allylic oxidation sites excluding steroid dienone is 2. The molecule has 0 radical (unpaired) electrons. The Labute approximate surface area is 246 Å². The van der Waals surface area contributed by atoms with Crippen molar-refractivity contribution in [1.82, 2.24) is 4.90 Å². The fourth-order valence-corrected chi connectivity index (χ4v) is 7.05. The molecule has 0 fully saturated rings. The van der Waals surface area contributed by atoms with Gasteiger partial charge in [0.15, 0.2) is 0 Å². The molecule has 1 N–H and O–H groups in total. The summed E-state index contributed by atoms with van der Waals surface area (Å²) in [6.07, 6.45) is 1.93. The van der Waals surface area contributed by atoms with Gasteiger partial charge in [-0.2, -0.15) is 13.2 Å². The lowest BCUT2D eigenvalue weighted by Crippen LogP contribution is -2.23. The monoisotopic (exact) mass is 615 g/mol. The Hall–Kier alpha value is -2.46. The van der Waals surface area contributed by atoms with Gasteiger partial charge in [-0.1, -0.05) is 18.9 Å². The number of hydrogen-bond acceptors (Lipinski definition) is 4. The van der Waals surface area contributed by atoms with Gasteiger partial charge in [-0.3, -0.25) is 0 Å². The molecule has 1 aliphatic rings. The zero-order valence-electron chi connectivity index (χ0n) is 24.3. The van der Waals surface area contributed by atoms with E-state index in [9.17, 15) is 35.5 Å². The summed E-state index contributed by atoms with van der Waals surface area (Å²) >= 11 is 0. The molecule has 2 aromatic carbocycles. The highest BCUT2D eigenvalue weighted by Crippen LogP contribution is 2.40. The maximum absolute atomic E-state index is 14.1. The molecule has 10 heteroatoms. The van der Waals surface area contributed by atoms with Crippen LogP contribution >= 0.6 is 0 Å². The van der Waals surface area contributed by atoms with Crippen LogP contribution in [-0.2, 0) is 16.3 Å². The number of phenolic OH excluding ortho intramolecular Hbond substituents is 1. The zero-order chi connectivity index (χ0) is 30.8. The minimum Gasteiger partial charge on any atom is -0.508 e. The van der Waals surface area contributed by atoms with Gasteiger partial charge < -0.3 is 10.0 Å². The average Bonchev–Trinajstić information content (AvgIpc) is 3.06. The zero-order valence-corrected chi connectivity index (χ0v) is 25.1. The van der Waals surface area contributed by atoms with Crippen LogP contribution in [-0.4, -0.2) is 56.2 Å². The summed E-state index contributed by atoms with van der Waals surface area (Å²) < 4.78 is 89.1. The Kier molecular flexibility index (Phi) is 12.8. The Morgan fingerprint density at radius 3 is 2.21 bits per heavy atom. The number of halogens is 5. The van der Waals surface area contributed by atoms with E-state index in [1.807, 2.05) is 13.1 Å². The molecule has 0 atom stereocenters. The predicted octanol–water partition coefficient (Wildman–Crippen LogP) is 8.34. The molecule has 0 aliphatic heterocycles. The third-order valence-corrected chi connectivity index (χ3v) is 9.56. The van der Waals surface area contributed by atoms with Gasteiger partial charge in [-0.25, -0.2) is 17.2 Å². The molecule has 0 heterocycles. The Morgan fingerprint density at radius 1 is 0.833 bits per heavy atom. The Balaban J connectivity index is 1.46. The van der Waals surface area contributed by atoms with Crippen molar-refractivity contribution in [2.75, 3.05) is 31.6 Å². The van der Waals surface area contributed by atoms with Crippen molar-refractivity contribution in [3.63, 3.8) is 0 Å². The Morgan fingerprint density at radius 2 is 1.50 bits per heavy atom. The Bertz CT molecular complexity index is 1290. The van der Waals surface area contributed by atoms with E-state index in [0.717, 1.165) is 79.8 Å². The number of rotatable bonds is 16. The van der Waals surface area contributed by atoms with E-state index >= 15 is 0 Å². The molecule has 0 saturated carbocycles. The van der Waals surface area contributed by atoms with Gasteiger partial charge in [0.1, 0.15) is 27.2 Å². The molecule has 0 amide bonds. The number of hydrogen-bond donors (Lipinski definition) is 1. The van der Waals surface area contributed by atoms with Crippen LogP contribution in [0.2, 0.25) is 0 Å². The first kappa shape index (κ1) is 34.0. The summed E-state index contributed by atoms with van der Waals surface area (Å²) in [4.78, 5) is 2.08. The number of benzene rings is 2. The third kappa shape index (κ3) is 11.7. The number of alkyl halides is 3. The first-order valence-electron chi connectivity index (χ1n) is 14.8. The second kappa shape index (κ2) is 15.8. The number of unbranched alkanes of at least 4 members (excludes halogenated alkanes) is 4. The number of aryl methyl sites for hydroxylation is 1. The first-order chi connectivity index (χ1) is 19.8. The third-order valence-electron chi connectivity index (χ3n) is 7.74. The molecular formula is C32H42F5NO3S. The lowest BCUT2D eigenvalue weighted by molar-refractivity contribution is -0.135. The van der Waals surface area contributed by atoms with Crippen molar-refractivity contribution in [1.29, 1.82) is 0 Å². The molecule has 0 aromatic heterocycles. The van der Waals surface area contributed by atoms with Crippen molar-refractivity contribution < 1.29 is 35.5 Å².